The Morgan fingerprint density at radius 2 is 2.32 bits per heavy atom. The SMILES string of the molecule is COCCOCC(=O)NC(Cc1c[nH]cn1)C(=O)O. The van der Waals surface area contributed by atoms with E-state index >= 15 is 0 Å². The van der Waals surface area contributed by atoms with Crippen LogP contribution >= 0.6 is 0 Å². The molecule has 0 aromatic carbocycles. The minimum atomic E-state index is -1.12. The van der Waals surface area contributed by atoms with Gasteiger partial charge in [0.05, 0.1) is 25.2 Å². The van der Waals surface area contributed by atoms with Crippen molar-refractivity contribution >= 4 is 11.9 Å². The smallest absolute Gasteiger partial charge is 0.326 e. The van der Waals surface area contributed by atoms with E-state index in [1.54, 1.807) is 6.20 Å². The van der Waals surface area contributed by atoms with Gasteiger partial charge in [0.15, 0.2) is 0 Å². The molecule has 8 heteroatoms. The van der Waals surface area contributed by atoms with E-state index in [-0.39, 0.29) is 19.6 Å². The van der Waals surface area contributed by atoms with Gasteiger partial charge in [-0.05, 0) is 0 Å². The van der Waals surface area contributed by atoms with Gasteiger partial charge in [-0.3, -0.25) is 4.79 Å². The average Bonchev–Trinajstić information content (AvgIpc) is 2.86. The number of H-pyrrole nitrogens is 1. The van der Waals surface area contributed by atoms with E-state index in [9.17, 15) is 9.59 Å². The van der Waals surface area contributed by atoms with Crippen molar-refractivity contribution in [2.75, 3.05) is 26.9 Å². The molecule has 1 amide bonds. The van der Waals surface area contributed by atoms with Gasteiger partial charge in [0.25, 0.3) is 0 Å². The molecule has 1 atom stereocenters. The minimum Gasteiger partial charge on any atom is -0.480 e. The van der Waals surface area contributed by atoms with Crippen LogP contribution in [0, 0.1) is 0 Å². The number of carbonyl (C=O) groups is 2. The van der Waals surface area contributed by atoms with Gasteiger partial charge in [-0.1, -0.05) is 0 Å². The van der Waals surface area contributed by atoms with Gasteiger partial charge >= 0.3 is 5.97 Å². The summed E-state index contributed by atoms with van der Waals surface area (Å²) in [5.74, 6) is -1.60. The summed E-state index contributed by atoms with van der Waals surface area (Å²) in [7, 11) is 1.52. The van der Waals surface area contributed by atoms with Gasteiger partial charge in [-0.25, -0.2) is 9.78 Å². The highest BCUT2D eigenvalue weighted by molar-refractivity contribution is 5.84. The van der Waals surface area contributed by atoms with E-state index in [2.05, 4.69) is 15.3 Å². The molecule has 0 aliphatic rings. The van der Waals surface area contributed by atoms with Gasteiger partial charge in [0.1, 0.15) is 12.6 Å². The molecule has 0 fully saturated rings. The second-order valence-corrected chi connectivity index (χ2v) is 3.77. The molecular weight excluding hydrogens is 254 g/mol. The van der Waals surface area contributed by atoms with Crippen molar-refractivity contribution in [3.8, 4) is 0 Å². The number of aliphatic carboxylic acids is 1. The summed E-state index contributed by atoms with van der Waals surface area (Å²) in [5.41, 5.74) is 0.563. The van der Waals surface area contributed by atoms with E-state index < -0.39 is 17.9 Å². The summed E-state index contributed by atoms with van der Waals surface area (Å²) in [5, 5.41) is 11.4. The number of hydrogen-bond acceptors (Lipinski definition) is 5. The molecule has 0 aliphatic heterocycles. The van der Waals surface area contributed by atoms with Crippen LogP contribution in [0.15, 0.2) is 12.5 Å². The number of imidazole rings is 1. The fourth-order valence-electron chi connectivity index (χ4n) is 1.35. The molecule has 1 heterocycles. The predicted molar refractivity (Wildman–Crippen MR) is 64.6 cm³/mol. The van der Waals surface area contributed by atoms with Gasteiger partial charge in [0, 0.05) is 19.7 Å². The lowest BCUT2D eigenvalue weighted by molar-refractivity contribution is -0.142. The fourth-order valence-corrected chi connectivity index (χ4v) is 1.35. The first-order valence-electron chi connectivity index (χ1n) is 5.70. The highest BCUT2D eigenvalue weighted by Gasteiger charge is 2.21. The molecule has 0 spiro atoms. The Kier molecular flexibility index (Phi) is 6.55. The summed E-state index contributed by atoms with van der Waals surface area (Å²) in [6.45, 7) is 0.456. The summed E-state index contributed by atoms with van der Waals surface area (Å²) >= 11 is 0. The normalized spacial score (nSPS) is 12.1. The molecule has 3 N–H and O–H groups in total. The van der Waals surface area contributed by atoms with Crippen molar-refractivity contribution in [3.63, 3.8) is 0 Å². The zero-order valence-corrected chi connectivity index (χ0v) is 10.6. The molecule has 0 saturated carbocycles. The molecule has 1 unspecified atom stereocenters. The number of rotatable bonds is 9. The number of hydrogen-bond donors (Lipinski definition) is 3. The first-order valence-corrected chi connectivity index (χ1v) is 5.70. The third-order valence-electron chi connectivity index (χ3n) is 2.27. The van der Waals surface area contributed by atoms with Crippen LogP contribution in [0.2, 0.25) is 0 Å². The predicted octanol–water partition coefficient (Wildman–Crippen LogP) is -0.815. The average molecular weight is 271 g/mol. The number of nitrogens with zero attached hydrogens (tertiary/aromatic N) is 1. The maximum absolute atomic E-state index is 11.5. The molecule has 0 bridgehead atoms. The Bertz CT molecular complexity index is 393. The van der Waals surface area contributed by atoms with Crippen LogP contribution in [-0.2, 0) is 25.5 Å². The fraction of sp³-hybridized carbons (Fsp3) is 0.545. The molecule has 106 valence electrons. The second-order valence-electron chi connectivity index (χ2n) is 3.77. The lowest BCUT2D eigenvalue weighted by atomic mass is 10.1. The number of carbonyl (C=O) groups excluding carboxylic acids is 1. The van der Waals surface area contributed by atoms with Crippen molar-refractivity contribution in [2.24, 2.45) is 0 Å². The largest absolute Gasteiger partial charge is 0.480 e. The Morgan fingerprint density at radius 1 is 1.53 bits per heavy atom. The van der Waals surface area contributed by atoms with Crippen LogP contribution in [0.25, 0.3) is 0 Å². The number of carboxylic acids is 1. The minimum absolute atomic E-state index is 0.114. The standard InChI is InChI=1S/C11H17N3O5/c1-18-2-3-19-6-10(15)14-9(11(16)17)4-8-5-12-7-13-8/h5,7,9H,2-4,6H2,1H3,(H,12,13)(H,14,15)(H,16,17). The molecule has 0 saturated heterocycles. The Hall–Kier alpha value is -1.93. The van der Waals surface area contributed by atoms with Crippen LogP contribution in [0.4, 0.5) is 0 Å². The highest BCUT2D eigenvalue weighted by atomic mass is 16.5. The van der Waals surface area contributed by atoms with Gasteiger partial charge in [0.2, 0.25) is 5.91 Å². The van der Waals surface area contributed by atoms with Crippen molar-refractivity contribution in [2.45, 2.75) is 12.5 Å². The van der Waals surface area contributed by atoms with Crippen molar-refractivity contribution < 1.29 is 24.2 Å². The van der Waals surface area contributed by atoms with E-state index in [4.69, 9.17) is 14.6 Å². The Labute approximate surface area is 110 Å². The monoisotopic (exact) mass is 271 g/mol. The first kappa shape index (κ1) is 15.1. The zero-order valence-electron chi connectivity index (χ0n) is 10.6. The van der Waals surface area contributed by atoms with Gasteiger partial charge in [-0.2, -0.15) is 0 Å². The number of aromatic nitrogens is 2. The molecule has 0 radical (unpaired) electrons. The van der Waals surface area contributed by atoms with Crippen molar-refractivity contribution in [1.29, 1.82) is 0 Å². The van der Waals surface area contributed by atoms with Crippen LogP contribution in [0.1, 0.15) is 5.69 Å². The third kappa shape index (κ3) is 5.98. The zero-order chi connectivity index (χ0) is 14.1. The number of aromatic amines is 1. The number of nitrogens with one attached hydrogen (secondary N) is 2. The van der Waals surface area contributed by atoms with Crippen molar-refractivity contribution in [1.82, 2.24) is 15.3 Å². The molecule has 1 aromatic rings. The van der Waals surface area contributed by atoms with E-state index in [1.165, 1.54) is 13.4 Å². The number of ether oxygens (including phenoxy) is 2. The van der Waals surface area contributed by atoms with Gasteiger partial charge < -0.3 is 24.9 Å². The van der Waals surface area contributed by atoms with Crippen LogP contribution in [0.3, 0.4) is 0 Å². The van der Waals surface area contributed by atoms with Crippen LogP contribution in [-0.4, -0.2) is 59.9 Å². The molecule has 1 rings (SSSR count). The molecule has 8 nitrogen and oxygen atoms in total. The van der Waals surface area contributed by atoms with Crippen LogP contribution in [0.5, 0.6) is 0 Å². The lowest BCUT2D eigenvalue weighted by Gasteiger charge is -2.13. The van der Waals surface area contributed by atoms with E-state index in [1.807, 2.05) is 0 Å². The quantitative estimate of drug-likeness (QED) is 0.506. The lowest BCUT2D eigenvalue weighted by Crippen LogP contribution is -2.44. The molecular formula is C11H17N3O5. The van der Waals surface area contributed by atoms with Crippen LogP contribution < -0.4 is 5.32 Å². The van der Waals surface area contributed by atoms with Gasteiger partial charge in [-0.15, -0.1) is 0 Å². The maximum Gasteiger partial charge on any atom is 0.326 e. The van der Waals surface area contributed by atoms with Crippen molar-refractivity contribution in [3.05, 3.63) is 18.2 Å². The first-order chi connectivity index (χ1) is 9.13. The van der Waals surface area contributed by atoms with E-state index in [0.717, 1.165) is 0 Å². The summed E-state index contributed by atoms with van der Waals surface area (Å²) in [6.07, 6.45) is 3.14. The highest BCUT2D eigenvalue weighted by Crippen LogP contribution is 1.98. The summed E-state index contributed by atoms with van der Waals surface area (Å²) in [6, 6.07) is -1.03. The summed E-state index contributed by atoms with van der Waals surface area (Å²) in [4.78, 5) is 29.1. The topological polar surface area (TPSA) is 114 Å². The molecule has 19 heavy (non-hydrogen) atoms. The molecule has 1 aromatic heterocycles. The number of amides is 1. The van der Waals surface area contributed by atoms with E-state index in [0.29, 0.717) is 12.3 Å². The Balaban J connectivity index is 2.36. The molecule has 0 aliphatic carbocycles. The number of methoxy groups -OCH3 is 1. The number of carboxylic acid groups (broad SMARTS) is 1. The second kappa shape index (κ2) is 8.22. The third-order valence-corrected chi connectivity index (χ3v) is 2.27. The summed E-state index contributed by atoms with van der Waals surface area (Å²) < 4.78 is 9.75. The maximum atomic E-state index is 11.5. The Morgan fingerprint density at radius 3 is 2.89 bits per heavy atom.